The van der Waals surface area contributed by atoms with Gasteiger partial charge >= 0.3 is 5.97 Å². The molecule has 0 bridgehead atoms. The van der Waals surface area contributed by atoms with Gasteiger partial charge in [-0.25, -0.2) is 4.98 Å². The standard InChI is InChI=1S/C25H23N3O6S/c1-3-32-20(29)11-15-12-35-25(26-15)27-23(30)21-16-6-4-5-7-17(16)24(31)28(2)22(21)14-8-9-18-19(10-14)34-13-33-18/h4-10,12,21-22H,3,11,13H2,1-2H3,(H,26,27,30)/t21-,22-/m0/s1. The van der Waals surface area contributed by atoms with E-state index >= 15 is 0 Å². The Balaban J connectivity index is 1.48. The summed E-state index contributed by atoms with van der Waals surface area (Å²) in [6.07, 6.45) is 0.0313. The van der Waals surface area contributed by atoms with Crippen molar-refractivity contribution in [3.05, 3.63) is 70.2 Å². The summed E-state index contributed by atoms with van der Waals surface area (Å²) < 4.78 is 15.9. The van der Waals surface area contributed by atoms with Crippen LogP contribution in [-0.2, 0) is 20.7 Å². The average molecular weight is 494 g/mol. The summed E-state index contributed by atoms with van der Waals surface area (Å²) in [4.78, 5) is 44.6. The maximum absolute atomic E-state index is 13.7. The van der Waals surface area contributed by atoms with E-state index in [0.29, 0.717) is 40.1 Å². The van der Waals surface area contributed by atoms with Crippen molar-refractivity contribution in [3.8, 4) is 11.5 Å². The second kappa shape index (κ2) is 9.38. The van der Waals surface area contributed by atoms with Crippen molar-refractivity contribution >= 4 is 34.3 Å². The van der Waals surface area contributed by atoms with Gasteiger partial charge in [0.1, 0.15) is 0 Å². The number of anilines is 1. The summed E-state index contributed by atoms with van der Waals surface area (Å²) in [6, 6.07) is 12.0. The molecule has 0 spiro atoms. The van der Waals surface area contributed by atoms with E-state index < -0.39 is 12.0 Å². The zero-order valence-electron chi connectivity index (χ0n) is 19.1. The number of ether oxygens (including phenoxy) is 3. The Labute approximate surface area is 205 Å². The number of likely N-dealkylation sites (N-methyl/N-ethyl adjacent to an activating group) is 1. The summed E-state index contributed by atoms with van der Waals surface area (Å²) in [5.74, 6) is -0.358. The van der Waals surface area contributed by atoms with Gasteiger partial charge in [0.05, 0.1) is 30.7 Å². The summed E-state index contributed by atoms with van der Waals surface area (Å²) in [5.41, 5.74) is 2.39. The topological polar surface area (TPSA) is 107 Å². The van der Waals surface area contributed by atoms with Crippen molar-refractivity contribution in [1.29, 1.82) is 0 Å². The molecule has 10 heteroatoms. The first-order valence-electron chi connectivity index (χ1n) is 11.1. The van der Waals surface area contributed by atoms with Crippen molar-refractivity contribution in [2.75, 3.05) is 25.8 Å². The number of benzene rings is 2. The smallest absolute Gasteiger partial charge is 0.311 e. The molecule has 180 valence electrons. The molecule has 2 atom stereocenters. The summed E-state index contributed by atoms with van der Waals surface area (Å²) in [6.45, 7) is 2.16. The minimum Gasteiger partial charge on any atom is -0.466 e. The van der Waals surface area contributed by atoms with E-state index in [0.717, 1.165) is 5.56 Å². The highest BCUT2D eigenvalue weighted by molar-refractivity contribution is 7.13. The highest BCUT2D eigenvalue weighted by Crippen LogP contribution is 2.45. The quantitative estimate of drug-likeness (QED) is 0.524. The van der Waals surface area contributed by atoms with E-state index in [4.69, 9.17) is 14.2 Å². The normalized spacial score (nSPS) is 18.2. The summed E-state index contributed by atoms with van der Waals surface area (Å²) in [7, 11) is 1.69. The number of fused-ring (bicyclic) bond motifs is 2. The van der Waals surface area contributed by atoms with Crippen molar-refractivity contribution in [3.63, 3.8) is 0 Å². The lowest BCUT2D eigenvalue weighted by atomic mass is 9.79. The fourth-order valence-corrected chi connectivity index (χ4v) is 5.17. The van der Waals surface area contributed by atoms with Crippen molar-refractivity contribution in [1.82, 2.24) is 9.88 Å². The first kappa shape index (κ1) is 22.9. The van der Waals surface area contributed by atoms with E-state index in [-0.39, 0.29) is 31.0 Å². The minimum absolute atomic E-state index is 0.0313. The van der Waals surface area contributed by atoms with Crippen LogP contribution >= 0.6 is 11.3 Å². The Morgan fingerprint density at radius 3 is 2.83 bits per heavy atom. The molecule has 2 aliphatic heterocycles. The number of thiazole rings is 1. The van der Waals surface area contributed by atoms with Crippen LogP contribution in [-0.4, -0.2) is 48.1 Å². The van der Waals surface area contributed by atoms with Crippen LogP contribution in [0.25, 0.3) is 0 Å². The van der Waals surface area contributed by atoms with Gasteiger partial charge in [0, 0.05) is 18.0 Å². The molecule has 1 N–H and O–H groups in total. The van der Waals surface area contributed by atoms with Crippen LogP contribution in [0.5, 0.6) is 11.5 Å². The minimum atomic E-state index is -0.702. The van der Waals surface area contributed by atoms with Crippen LogP contribution in [0.1, 0.15) is 46.1 Å². The fraction of sp³-hybridized carbons (Fsp3) is 0.280. The third-order valence-corrected chi connectivity index (χ3v) is 6.82. The number of esters is 1. The lowest BCUT2D eigenvalue weighted by Crippen LogP contribution is -2.44. The SMILES string of the molecule is CCOC(=O)Cc1csc(NC(=O)[C@H]2c3ccccc3C(=O)N(C)[C@H]2c2ccc3c(c2)OCO3)n1. The zero-order valence-corrected chi connectivity index (χ0v) is 20.0. The number of nitrogens with zero attached hydrogens (tertiary/aromatic N) is 2. The van der Waals surface area contributed by atoms with Gasteiger partial charge in [-0.3, -0.25) is 14.4 Å². The molecule has 0 unspecified atom stereocenters. The molecule has 2 amide bonds. The molecule has 35 heavy (non-hydrogen) atoms. The molecular weight excluding hydrogens is 470 g/mol. The highest BCUT2D eigenvalue weighted by Gasteiger charge is 2.43. The zero-order chi connectivity index (χ0) is 24.5. The molecule has 5 rings (SSSR count). The van der Waals surface area contributed by atoms with Gasteiger partial charge in [-0.2, -0.15) is 0 Å². The number of carbonyl (C=O) groups excluding carboxylic acids is 3. The van der Waals surface area contributed by atoms with Gasteiger partial charge < -0.3 is 24.4 Å². The molecule has 0 saturated heterocycles. The second-order valence-electron chi connectivity index (χ2n) is 8.15. The molecule has 0 saturated carbocycles. The Kier molecular flexibility index (Phi) is 6.12. The van der Waals surface area contributed by atoms with Crippen LogP contribution < -0.4 is 14.8 Å². The molecule has 0 aliphatic carbocycles. The molecule has 2 aromatic carbocycles. The molecule has 0 radical (unpaired) electrons. The largest absolute Gasteiger partial charge is 0.466 e. The van der Waals surface area contributed by atoms with Crippen LogP contribution in [0.15, 0.2) is 47.8 Å². The average Bonchev–Trinajstić information content (AvgIpc) is 3.50. The fourth-order valence-electron chi connectivity index (χ4n) is 4.46. The number of aromatic nitrogens is 1. The van der Waals surface area contributed by atoms with E-state index in [9.17, 15) is 14.4 Å². The maximum Gasteiger partial charge on any atom is 0.311 e. The summed E-state index contributed by atoms with van der Waals surface area (Å²) >= 11 is 1.23. The van der Waals surface area contributed by atoms with E-state index in [1.165, 1.54) is 11.3 Å². The number of nitrogens with one attached hydrogen (secondary N) is 1. The van der Waals surface area contributed by atoms with Crippen LogP contribution in [0, 0.1) is 0 Å². The Hall–Kier alpha value is -3.92. The van der Waals surface area contributed by atoms with Crippen LogP contribution in [0.4, 0.5) is 5.13 Å². The molecule has 0 fully saturated rings. The molecule has 9 nitrogen and oxygen atoms in total. The summed E-state index contributed by atoms with van der Waals surface area (Å²) in [5, 5.41) is 4.97. The van der Waals surface area contributed by atoms with Gasteiger partial charge in [0.15, 0.2) is 16.6 Å². The van der Waals surface area contributed by atoms with Crippen molar-refractivity contribution < 1.29 is 28.6 Å². The first-order valence-corrected chi connectivity index (χ1v) is 12.0. The number of rotatable bonds is 6. The molecule has 3 aromatic rings. The Bertz CT molecular complexity index is 1310. The highest BCUT2D eigenvalue weighted by atomic mass is 32.1. The van der Waals surface area contributed by atoms with Crippen LogP contribution in [0.2, 0.25) is 0 Å². The van der Waals surface area contributed by atoms with Gasteiger partial charge in [-0.1, -0.05) is 24.3 Å². The molecule has 3 heterocycles. The lowest BCUT2D eigenvalue weighted by Gasteiger charge is -2.39. The van der Waals surface area contributed by atoms with E-state index in [2.05, 4.69) is 10.3 Å². The molecule has 1 aromatic heterocycles. The lowest BCUT2D eigenvalue weighted by molar-refractivity contribution is -0.142. The van der Waals surface area contributed by atoms with Gasteiger partial charge in [0.2, 0.25) is 12.7 Å². The first-order chi connectivity index (χ1) is 17.0. The molecule has 2 aliphatic rings. The number of hydrogen-bond acceptors (Lipinski definition) is 8. The number of amides is 2. The third-order valence-electron chi connectivity index (χ3n) is 6.01. The third kappa shape index (κ3) is 4.32. The van der Waals surface area contributed by atoms with E-state index in [1.54, 1.807) is 48.5 Å². The van der Waals surface area contributed by atoms with Gasteiger partial charge in [0.25, 0.3) is 5.91 Å². The van der Waals surface area contributed by atoms with Crippen molar-refractivity contribution in [2.45, 2.75) is 25.3 Å². The van der Waals surface area contributed by atoms with Crippen molar-refractivity contribution in [2.24, 2.45) is 0 Å². The predicted octanol–water partition coefficient (Wildman–Crippen LogP) is 3.53. The van der Waals surface area contributed by atoms with Gasteiger partial charge in [-0.05, 0) is 36.2 Å². The maximum atomic E-state index is 13.7. The monoisotopic (exact) mass is 493 g/mol. The van der Waals surface area contributed by atoms with Crippen LogP contribution in [0.3, 0.4) is 0 Å². The Morgan fingerprint density at radius 1 is 1.20 bits per heavy atom. The van der Waals surface area contributed by atoms with Gasteiger partial charge in [-0.15, -0.1) is 11.3 Å². The number of hydrogen-bond donors (Lipinski definition) is 1. The van der Waals surface area contributed by atoms with E-state index in [1.807, 2.05) is 18.2 Å². The predicted molar refractivity (Wildman–Crippen MR) is 128 cm³/mol. The molecular formula is C25H23N3O6S. The second-order valence-corrected chi connectivity index (χ2v) is 9.01. The Morgan fingerprint density at radius 2 is 2.00 bits per heavy atom. The number of carbonyl (C=O) groups is 3.